The molecule has 2 N–H and O–H groups in total. The van der Waals surface area contributed by atoms with E-state index in [1.165, 1.54) is 0 Å². The van der Waals surface area contributed by atoms with Crippen molar-refractivity contribution in [1.29, 1.82) is 0 Å². The van der Waals surface area contributed by atoms with E-state index < -0.39 is 41.8 Å². The molecular formula is C8H6F6N2. The van der Waals surface area contributed by atoms with Crippen molar-refractivity contribution in [3.8, 4) is 0 Å². The van der Waals surface area contributed by atoms with Gasteiger partial charge in [0.25, 0.3) is 6.43 Å². The monoisotopic (exact) mass is 244 g/mol. The molecule has 90 valence electrons. The zero-order valence-corrected chi connectivity index (χ0v) is 7.65. The van der Waals surface area contributed by atoms with E-state index in [9.17, 15) is 26.3 Å². The maximum Gasteiger partial charge on any atom is 0.436 e. The number of rotatable bonds is 2. The third-order valence-corrected chi connectivity index (χ3v) is 1.85. The van der Waals surface area contributed by atoms with E-state index in [-0.39, 0.29) is 0 Å². The van der Waals surface area contributed by atoms with E-state index in [4.69, 9.17) is 5.73 Å². The van der Waals surface area contributed by atoms with E-state index in [2.05, 4.69) is 4.98 Å². The molecule has 0 spiro atoms. The van der Waals surface area contributed by atoms with Crippen molar-refractivity contribution in [3.63, 3.8) is 0 Å². The molecule has 2 nitrogen and oxygen atoms in total. The predicted octanol–water partition coefficient (Wildman–Crippen LogP) is 2.64. The Bertz CT molecular complexity index is 387. The number of hydrogen-bond donors (Lipinski definition) is 1. The van der Waals surface area contributed by atoms with Crippen LogP contribution in [-0.4, -0.2) is 4.98 Å². The van der Waals surface area contributed by atoms with Crippen LogP contribution in [0.2, 0.25) is 0 Å². The number of nitrogens with zero attached hydrogens (tertiary/aromatic N) is 1. The van der Waals surface area contributed by atoms with Gasteiger partial charge >= 0.3 is 6.18 Å². The molecule has 0 saturated heterocycles. The van der Waals surface area contributed by atoms with Crippen LogP contribution in [0.3, 0.4) is 0 Å². The van der Waals surface area contributed by atoms with Gasteiger partial charge in [-0.05, 0) is 5.56 Å². The van der Waals surface area contributed by atoms with Gasteiger partial charge in [0.05, 0.1) is 5.56 Å². The number of nitrogens with two attached hydrogens (primary N) is 1. The summed E-state index contributed by atoms with van der Waals surface area (Å²) in [6, 6.07) is 0. The van der Waals surface area contributed by atoms with Crippen LogP contribution in [0.15, 0.2) is 6.20 Å². The van der Waals surface area contributed by atoms with Crippen molar-refractivity contribution in [3.05, 3.63) is 28.8 Å². The second-order valence-corrected chi connectivity index (χ2v) is 2.86. The standard InChI is InChI=1S/C8H6F6N2/c9-5-4(7(10)11)3(1-15)2-16-6(5)8(12,13)14/h2,7H,1,15H2. The molecule has 1 aromatic rings. The number of aromatic nitrogens is 1. The zero-order chi connectivity index (χ0) is 12.5. The topological polar surface area (TPSA) is 38.9 Å². The lowest BCUT2D eigenvalue weighted by atomic mass is 10.1. The first-order chi connectivity index (χ1) is 7.29. The summed E-state index contributed by atoms with van der Waals surface area (Å²) in [6.45, 7) is -0.512. The SMILES string of the molecule is NCc1cnc(C(F)(F)F)c(F)c1C(F)F. The Kier molecular flexibility index (Phi) is 3.41. The highest BCUT2D eigenvalue weighted by Gasteiger charge is 2.38. The van der Waals surface area contributed by atoms with Crippen molar-refractivity contribution < 1.29 is 26.3 Å². The van der Waals surface area contributed by atoms with Gasteiger partial charge in [-0.15, -0.1) is 0 Å². The Morgan fingerprint density at radius 2 is 1.88 bits per heavy atom. The summed E-state index contributed by atoms with van der Waals surface area (Å²) in [5.74, 6) is -2.06. The quantitative estimate of drug-likeness (QED) is 0.812. The van der Waals surface area contributed by atoms with Crippen LogP contribution in [0.4, 0.5) is 26.3 Å². The number of pyridine rings is 1. The smallest absolute Gasteiger partial charge is 0.326 e. The summed E-state index contributed by atoms with van der Waals surface area (Å²) in [7, 11) is 0. The summed E-state index contributed by atoms with van der Waals surface area (Å²) < 4.78 is 74.3. The summed E-state index contributed by atoms with van der Waals surface area (Å²) in [5, 5.41) is 0. The number of halogens is 6. The van der Waals surface area contributed by atoms with E-state index in [0.717, 1.165) is 0 Å². The van der Waals surface area contributed by atoms with Gasteiger partial charge in [-0.3, -0.25) is 0 Å². The van der Waals surface area contributed by atoms with Gasteiger partial charge < -0.3 is 5.73 Å². The molecule has 0 aliphatic carbocycles. The van der Waals surface area contributed by atoms with Crippen LogP contribution in [0.25, 0.3) is 0 Å². The molecule has 16 heavy (non-hydrogen) atoms. The molecule has 0 saturated carbocycles. The van der Waals surface area contributed by atoms with Gasteiger partial charge in [0, 0.05) is 12.7 Å². The minimum Gasteiger partial charge on any atom is -0.326 e. The Labute approximate surface area is 86.1 Å². The van der Waals surface area contributed by atoms with Gasteiger partial charge in [0.1, 0.15) is 0 Å². The fourth-order valence-electron chi connectivity index (χ4n) is 1.13. The third-order valence-electron chi connectivity index (χ3n) is 1.85. The fraction of sp³-hybridized carbons (Fsp3) is 0.375. The van der Waals surface area contributed by atoms with Gasteiger partial charge in [-0.25, -0.2) is 18.2 Å². The second kappa shape index (κ2) is 4.28. The Balaban J connectivity index is 3.44. The van der Waals surface area contributed by atoms with Gasteiger partial charge in [0.2, 0.25) is 0 Å². The predicted molar refractivity (Wildman–Crippen MR) is 42.0 cm³/mol. The van der Waals surface area contributed by atoms with Gasteiger partial charge in [-0.2, -0.15) is 13.2 Å². The Morgan fingerprint density at radius 3 is 2.25 bits per heavy atom. The molecule has 0 unspecified atom stereocenters. The van der Waals surface area contributed by atoms with Crippen molar-refractivity contribution in [2.75, 3.05) is 0 Å². The van der Waals surface area contributed by atoms with Crippen molar-refractivity contribution in [2.45, 2.75) is 19.1 Å². The average Bonchev–Trinajstić information content (AvgIpc) is 2.14. The van der Waals surface area contributed by atoms with E-state index in [1.807, 2.05) is 0 Å². The van der Waals surface area contributed by atoms with Crippen LogP contribution < -0.4 is 5.73 Å². The maximum atomic E-state index is 13.1. The summed E-state index contributed by atoms with van der Waals surface area (Å²) in [5.41, 5.74) is 1.25. The Morgan fingerprint density at radius 1 is 1.31 bits per heavy atom. The molecule has 0 aromatic carbocycles. The number of alkyl halides is 5. The fourth-order valence-corrected chi connectivity index (χ4v) is 1.13. The average molecular weight is 244 g/mol. The summed E-state index contributed by atoms with van der Waals surface area (Å²) in [6.07, 6.45) is -7.98. The highest BCUT2D eigenvalue weighted by Crippen LogP contribution is 2.34. The minimum atomic E-state index is -5.11. The summed E-state index contributed by atoms with van der Waals surface area (Å²) in [4.78, 5) is 2.75. The second-order valence-electron chi connectivity index (χ2n) is 2.86. The Hall–Kier alpha value is -1.31. The first-order valence-corrected chi connectivity index (χ1v) is 4.01. The van der Waals surface area contributed by atoms with Crippen LogP contribution in [-0.2, 0) is 12.7 Å². The molecule has 0 aliphatic rings. The summed E-state index contributed by atoms with van der Waals surface area (Å²) >= 11 is 0. The lowest BCUT2D eigenvalue weighted by Crippen LogP contribution is -2.16. The zero-order valence-electron chi connectivity index (χ0n) is 7.65. The first-order valence-electron chi connectivity index (χ1n) is 4.01. The van der Waals surface area contributed by atoms with E-state index in [1.54, 1.807) is 0 Å². The molecule has 1 rings (SSSR count). The maximum absolute atomic E-state index is 13.1. The molecule has 0 radical (unpaired) electrons. The lowest BCUT2D eigenvalue weighted by molar-refractivity contribution is -0.143. The molecule has 0 bridgehead atoms. The molecule has 1 heterocycles. The molecular weight excluding hydrogens is 238 g/mol. The highest BCUT2D eigenvalue weighted by atomic mass is 19.4. The molecule has 0 atom stereocenters. The van der Waals surface area contributed by atoms with Crippen LogP contribution in [0.1, 0.15) is 23.2 Å². The first kappa shape index (κ1) is 12.8. The van der Waals surface area contributed by atoms with Crippen molar-refractivity contribution in [2.24, 2.45) is 5.73 Å². The van der Waals surface area contributed by atoms with Crippen molar-refractivity contribution >= 4 is 0 Å². The molecule has 1 aromatic heterocycles. The van der Waals surface area contributed by atoms with Crippen LogP contribution in [0.5, 0.6) is 0 Å². The van der Waals surface area contributed by atoms with Gasteiger partial charge in [-0.1, -0.05) is 0 Å². The van der Waals surface area contributed by atoms with E-state index >= 15 is 0 Å². The third kappa shape index (κ3) is 2.26. The van der Waals surface area contributed by atoms with Crippen molar-refractivity contribution in [1.82, 2.24) is 4.98 Å². The van der Waals surface area contributed by atoms with Crippen LogP contribution in [0, 0.1) is 5.82 Å². The lowest BCUT2D eigenvalue weighted by Gasteiger charge is -2.12. The molecule has 8 heteroatoms. The highest BCUT2D eigenvalue weighted by molar-refractivity contribution is 5.30. The molecule has 0 amide bonds. The molecule has 0 fully saturated rings. The largest absolute Gasteiger partial charge is 0.436 e. The number of hydrogen-bond acceptors (Lipinski definition) is 2. The van der Waals surface area contributed by atoms with Gasteiger partial charge in [0.15, 0.2) is 11.5 Å². The molecule has 0 aliphatic heterocycles. The normalized spacial score (nSPS) is 12.2. The van der Waals surface area contributed by atoms with Crippen LogP contribution >= 0.6 is 0 Å². The minimum absolute atomic E-state index is 0.444. The van der Waals surface area contributed by atoms with E-state index in [0.29, 0.717) is 6.20 Å².